The maximum absolute atomic E-state index is 12.4. The fraction of sp³-hybridized carbons (Fsp3) is 0.938. The van der Waals surface area contributed by atoms with Crippen molar-refractivity contribution in [2.75, 3.05) is 13.1 Å². The number of nitrogens with one attached hydrogen (secondary N) is 1. The quantitative estimate of drug-likeness (QED) is 0.804. The average Bonchev–Trinajstić information content (AvgIpc) is 2.94. The van der Waals surface area contributed by atoms with E-state index in [9.17, 15) is 4.79 Å². The zero-order chi connectivity index (χ0) is 13.7. The summed E-state index contributed by atoms with van der Waals surface area (Å²) >= 11 is 0. The second-order valence-corrected chi connectivity index (χ2v) is 6.67. The summed E-state index contributed by atoms with van der Waals surface area (Å²) in [5, 5.41) is 3.26. The largest absolute Gasteiger partial charge is 0.355 e. The maximum atomic E-state index is 12.4. The monoisotopic (exact) mass is 266 g/mol. The molecule has 0 aliphatic heterocycles. The van der Waals surface area contributed by atoms with E-state index in [4.69, 9.17) is 5.73 Å². The van der Waals surface area contributed by atoms with E-state index in [1.165, 1.54) is 44.9 Å². The van der Waals surface area contributed by atoms with Gasteiger partial charge in [-0.3, -0.25) is 4.79 Å². The zero-order valence-corrected chi connectivity index (χ0v) is 12.4. The first-order valence-electron chi connectivity index (χ1n) is 8.18. The van der Waals surface area contributed by atoms with Crippen LogP contribution in [0, 0.1) is 17.3 Å². The Morgan fingerprint density at radius 2 is 1.89 bits per heavy atom. The lowest BCUT2D eigenvalue weighted by Gasteiger charge is -2.32. The number of carbonyl (C=O) groups excluding carboxylic acids is 1. The molecule has 1 amide bonds. The predicted molar refractivity (Wildman–Crippen MR) is 78.7 cm³/mol. The second kappa shape index (κ2) is 6.74. The van der Waals surface area contributed by atoms with Crippen molar-refractivity contribution in [1.29, 1.82) is 0 Å². The molecule has 0 aromatic rings. The van der Waals surface area contributed by atoms with Crippen LogP contribution in [0.3, 0.4) is 0 Å². The van der Waals surface area contributed by atoms with Gasteiger partial charge in [0.1, 0.15) is 0 Å². The first-order valence-corrected chi connectivity index (χ1v) is 8.18. The summed E-state index contributed by atoms with van der Waals surface area (Å²) in [7, 11) is 0. The molecule has 0 aromatic carbocycles. The molecule has 2 unspecified atom stereocenters. The summed E-state index contributed by atoms with van der Waals surface area (Å²) in [4.78, 5) is 12.4. The third-order valence-corrected chi connectivity index (χ3v) is 5.60. The molecule has 2 fully saturated rings. The molecule has 2 aliphatic carbocycles. The van der Waals surface area contributed by atoms with E-state index in [1.54, 1.807) is 0 Å². The summed E-state index contributed by atoms with van der Waals surface area (Å²) in [6.45, 7) is 3.81. The third kappa shape index (κ3) is 3.50. The summed E-state index contributed by atoms with van der Waals surface area (Å²) in [5.74, 6) is 0.860. The Hall–Kier alpha value is -0.570. The van der Waals surface area contributed by atoms with Crippen molar-refractivity contribution in [3.63, 3.8) is 0 Å². The smallest absolute Gasteiger partial charge is 0.223 e. The maximum Gasteiger partial charge on any atom is 0.223 e. The van der Waals surface area contributed by atoms with Gasteiger partial charge in [0.05, 0.1) is 0 Å². The third-order valence-electron chi connectivity index (χ3n) is 5.60. The number of rotatable bonds is 5. The number of nitrogens with two attached hydrogens (primary N) is 1. The van der Waals surface area contributed by atoms with Crippen LogP contribution in [0.5, 0.6) is 0 Å². The lowest BCUT2D eigenvalue weighted by atomic mass is 9.78. The Bertz CT molecular complexity index is 297. The molecular formula is C16H30N2O. The van der Waals surface area contributed by atoms with Crippen LogP contribution in [-0.2, 0) is 4.79 Å². The number of hydrogen-bond donors (Lipinski definition) is 2. The highest BCUT2D eigenvalue weighted by atomic mass is 16.1. The topological polar surface area (TPSA) is 55.1 Å². The van der Waals surface area contributed by atoms with Crippen molar-refractivity contribution in [1.82, 2.24) is 5.32 Å². The van der Waals surface area contributed by atoms with Crippen LogP contribution in [0.15, 0.2) is 0 Å². The van der Waals surface area contributed by atoms with Gasteiger partial charge >= 0.3 is 0 Å². The van der Waals surface area contributed by atoms with E-state index < -0.39 is 0 Å². The molecule has 0 bridgehead atoms. The molecule has 2 rings (SSSR count). The highest BCUT2D eigenvalue weighted by molar-refractivity contribution is 5.79. The van der Waals surface area contributed by atoms with E-state index >= 15 is 0 Å². The van der Waals surface area contributed by atoms with Gasteiger partial charge in [0.15, 0.2) is 0 Å². The van der Waals surface area contributed by atoms with E-state index in [0.717, 1.165) is 19.4 Å². The van der Waals surface area contributed by atoms with Gasteiger partial charge in [0.2, 0.25) is 5.91 Å². The van der Waals surface area contributed by atoms with E-state index in [1.807, 2.05) is 0 Å². The van der Waals surface area contributed by atoms with E-state index in [-0.39, 0.29) is 11.8 Å². The second-order valence-electron chi connectivity index (χ2n) is 6.67. The van der Waals surface area contributed by atoms with Crippen LogP contribution < -0.4 is 11.1 Å². The van der Waals surface area contributed by atoms with Gasteiger partial charge in [-0.1, -0.05) is 32.6 Å². The lowest BCUT2D eigenvalue weighted by Crippen LogP contribution is -2.43. The summed E-state index contributed by atoms with van der Waals surface area (Å²) in [6.07, 6.45) is 11.0. The molecule has 0 aromatic heterocycles. The molecule has 0 heterocycles. The molecular weight excluding hydrogens is 236 g/mol. The zero-order valence-electron chi connectivity index (χ0n) is 12.4. The highest BCUT2D eigenvalue weighted by Crippen LogP contribution is 2.40. The highest BCUT2D eigenvalue weighted by Gasteiger charge is 2.34. The Morgan fingerprint density at radius 1 is 1.21 bits per heavy atom. The standard InChI is InChI=1S/C16H30N2O/c1-2-16(9-5-6-10-16)12-18-15(19)14-8-4-3-7-13(14)11-17/h13-14H,2-12,17H2,1H3,(H,18,19). The molecule has 2 aliphatic rings. The van der Waals surface area contributed by atoms with Crippen LogP contribution in [0.4, 0.5) is 0 Å². The molecule has 19 heavy (non-hydrogen) atoms. The summed E-state index contributed by atoms with van der Waals surface area (Å²) < 4.78 is 0. The Balaban J connectivity index is 1.86. The molecule has 2 atom stereocenters. The normalized spacial score (nSPS) is 30.2. The molecule has 0 spiro atoms. The van der Waals surface area contributed by atoms with E-state index in [2.05, 4.69) is 12.2 Å². The van der Waals surface area contributed by atoms with Crippen molar-refractivity contribution in [2.45, 2.75) is 64.7 Å². The van der Waals surface area contributed by atoms with Gasteiger partial charge in [-0.2, -0.15) is 0 Å². The van der Waals surface area contributed by atoms with Gasteiger partial charge in [-0.25, -0.2) is 0 Å². The molecule has 0 saturated heterocycles. The predicted octanol–water partition coefficient (Wildman–Crippen LogP) is 2.84. The average molecular weight is 266 g/mol. The number of hydrogen-bond acceptors (Lipinski definition) is 2. The molecule has 3 heteroatoms. The Kier molecular flexibility index (Phi) is 5.26. The van der Waals surface area contributed by atoms with Gasteiger partial charge in [0, 0.05) is 12.5 Å². The molecule has 2 saturated carbocycles. The fourth-order valence-electron chi connectivity index (χ4n) is 4.02. The minimum Gasteiger partial charge on any atom is -0.355 e. The molecule has 110 valence electrons. The molecule has 3 nitrogen and oxygen atoms in total. The first-order chi connectivity index (χ1) is 9.21. The van der Waals surface area contributed by atoms with Gasteiger partial charge < -0.3 is 11.1 Å². The number of amides is 1. The van der Waals surface area contributed by atoms with E-state index in [0.29, 0.717) is 17.9 Å². The minimum atomic E-state index is 0.175. The molecule has 0 radical (unpaired) electrons. The first kappa shape index (κ1) is 14.8. The number of carbonyl (C=O) groups is 1. The lowest BCUT2D eigenvalue weighted by molar-refractivity contribution is -0.128. The van der Waals surface area contributed by atoms with Crippen molar-refractivity contribution < 1.29 is 4.79 Å². The molecule has 3 N–H and O–H groups in total. The van der Waals surface area contributed by atoms with Crippen LogP contribution >= 0.6 is 0 Å². The Morgan fingerprint density at radius 3 is 2.53 bits per heavy atom. The van der Waals surface area contributed by atoms with Crippen LogP contribution in [-0.4, -0.2) is 19.0 Å². The Labute approximate surface area is 117 Å². The summed E-state index contributed by atoms with van der Waals surface area (Å²) in [5.41, 5.74) is 6.21. The fourth-order valence-corrected chi connectivity index (χ4v) is 4.02. The van der Waals surface area contributed by atoms with Crippen molar-refractivity contribution in [2.24, 2.45) is 23.0 Å². The van der Waals surface area contributed by atoms with Gasteiger partial charge in [0.25, 0.3) is 0 Å². The minimum absolute atomic E-state index is 0.175. The van der Waals surface area contributed by atoms with Crippen LogP contribution in [0.2, 0.25) is 0 Å². The van der Waals surface area contributed by atoms with Crippen molar-refractivity contribution in [3.05, 3.63) is 0 Å². The van der Waals surface area contributed by atoms with Gasteiger partial charge in [-0.15, -0.1) is 0 Å². The van der Waals surface area contributed by atoms with Crippen LogP contribution in [0.1, 0.15) is 64.7 Å². The van der Waals surface area contributed by atoms with Crippen LogP contribution in [0.25, 0.3) is 0 Å². The van der Waals surface area contributed by atoms with Crippen molar-refractivity contribution in [3.8, 4) is 0 Å². The summed E-state index contributed by atoms with van der Waals surface area (Å²) in [6, 6.07) is 0. The van der Waals surface area contributed by atoms with Gasteiger partial charge in [-0.05, 0) is 50.0 Å². The SMILES string of the molecule is CCC1(CNC(=O)C2CCCCC2CN)CCCC1. The van der Waals surface area contributed by atoms with Crippen molar-refractivity contribution >= 4 is 5.91 Å².